The lowest BCUT2D eigenvalue weighted by molar-refractivity contribution is 0.0912. The van der Waals surface area contributed by atoms with Gasteiger partial charge in [0.2, 0.25) is 0 Å². The summed E-state index contributed by atoms with van der Waals surface area (Å²) in [5.74, 6) is 0.296. The van der Waals surface area contributed by atoms with Gasteiger partial charge in [-0.25, -0.2) is 0 Å². The molecule has 0 aromatic carbocycles. The molecule has 2 heterocycles. The van der Waals surface area contributed by atoms with Crippen molar-refractivity contribution in [3.8, 4) is 0 Å². The third kappa shape index (κ3) is 1.78. The lowest BCUT2D eigenvalue weighted by atomic mass is 9.93. The van der Waals surface area contributed by atoms with E-state index in [1.54, 1.807) is 12.7 Å². The van der Waals surface area contributed by atoms with Gasteiger partial charge >= 0.3 is 0 Å². The van der Waals surface area contributed by atoms with Crippen LogP contribution in [0.5, 0.6) is 0 Å². The van der Waals surface area contributed by atoms with Crippen LogP contribution >= 0.6 is 0 Å². The maximum Gasteiger partial charge on any atom is 0.119 e. The molecule has 78 valence electrons. The highest BCUT2D eigenvalue weighted by Crippen LogP contribution is 2.26. The summed E-state index contributed by atoms with van der Waals surface area (Å²) >= 11 is 0. The molecule has 14 heavy (non-hydrogen) atoms. The smallest absolute Gasteiger partial charge is 0.119 e. The van der Waals surface area contributed by atoms with E-state index in [0.29, 0.717) is 12.0 Å². The Morgan fingerprint density at radius 1 is 1.43 bits per heavy atom. The molecule has 5 nitrogen and oxygen atoms in total. The number of hydrogen-bond acceptors (Lipinski definition) is 4. The van der Waals surface area contributed by atoms with Gasteiger partial charge in [0.05, 0.1) is 0 Å². The molecule has 1 fully saturated rings. The Morgan fingerprint density at radius 2 is 2.14 bits per heavy atom. The van der Waals surface area contributed by atoms with Gasteiger partial charge in [-0.15, -0.1) is 10.2 Å². The van der Waals surface area contributed by atoms with E-state index in [9.17, 15) is 5.11 Å². The Balaban J connectivity index is 2.10. The summed E-state index contributed by atoms with van der Waals surface area (Å²) < 4.78 is 2.01. The van der Waals surface area contributed by atoms with Crippen LogP contribution in [0.2, 0.25) is 0 Å². The van der Waals surface area contributed by atoms with Gasteiger partial charge in [0.25, 0.3) is 0 Å². The van der Waals surface area contributed by atoms with Gasteiger partial charge in [-0.2, -0.15) is 0 Å². The quantitative estimate of drug-likeness (QED) is 0.709. The average Bonchev–Trinajstić information content (AvgIpc) is 2.70. The second-order valence-electron chi connectivity index (χ2n) is 3.97. The minimum atomic E-state index is 0.229. The van der Waals surface area contributed by atoms with Crippen LogP contribution in [-0.4, -0.2) is 51.5 Å². The monoisotopic (exact) mass is 196 g/mol. The zero-order valence-electron chi connectivity index (χ0n) is 8.37. The van der Waals surface area contributed by atoms with Crippen LogP contribution in [0.15, 0.2) is 12.7 Å². The predicted octanol–water partition coefficient (Wildman–Crippen LogP) is -0.237. The lowest BCUT2D eigenvalue weighted by Gasteiger charge is -2.36. The van der Waals surface area contributed by atoms with E-state index >= 15 is 0 Å². The predicted molar refractivity (Wildman–Crippen MR) is 51.7 cm³/mol. The molecule has 0 spiro atoms. The molecule has 1 aromatic rings. The number of likely N-dealkylation sites (tertiary alicyclic amines) is 1. The molecule has 0 radical (unpaired) electrons. The number of piperidine rings is 1. The van der Waals surface area contributed by atoms with Crippen molar-refractivity contribution in [3.05, 3.63) is 12.7 Å². The fourth-order valence-electron chi connectivity index (χ4n) is 2.15. The van der Waals surface area contributed by atoms with Crippen LogP contribution in [0.25, 0.3) is 0 Å². The molecule has 1 aliphatic rings. The Morgan fingerprint density at radius 3 is 2.79 bits per heavy atom. The number of hydrogen-bond donors (Lipinski definition) is 1. The lowest BCUT2D eigenvalue weighted by Crippen LogP contribution is -2.40. The topological polar surface area (TPSA) is 54.2 Å². The fraction of sp³-hybridized carbons (Fsp3) is 0.778. The highest BCUT2D eigenvalue weighted by atomic mass is 16.3. The molecule has 1 N–H and O–H groups in total. The van der Waals surface area contributed by atoms with Gasteiger partial charge in [-0.1, -0.05) is 0 Å². The molecule has 0 amide bonds. The third-order valence-electron chi connectivity index (χ3n) is 2.95. The van der Waals surface area contributed by atoms with E-state index in [2.05, 4.69) is 22.1 Å². The van der Waals surface area contributed by atoms with Crippen molar-refractivity contribution in [2.24, 2.45) is 5.92 Å². The van der Waals surface area contributed by atoms with E-state index < -0.39 is 0 Å². The molecule has 0 saturated carbocycles. The molecule has 2 atom stereocenters. The maximum absolute atomic E-state index is 9.30. The highest BCUT2D eigenvalue weighted by molar-refractivity contribution is 4.84. The third-order valence-corrected chi connectivity index (χ3v) is 2.95. The second kappa shape index (κ2) is 4.06. The van der Waals surface area contributed by atoms with Crippen molar-refractivity contribution in [2.75, 3.05) is 26.7 Å². The van der Waals surface area contributed by atoms with Gasteiger partial charge < -0.3 is 14.6 Å². The van der Waals surface area contributed by atoms with Crippen molar-refractivity contribution in [1.82, 2.24) is 19.7 Å². The minimum Gasteiger partial charge on any atom is -0.396 e. The summed E-state index contributed by atoms with van der Waals surface area (Å²) in [5.41, 5.74) is 0. The van der Waals surface area contributed by atoms with Gasteiger partial charge in [0.1, 0.15) is 12.7 Å². The van der Waals surface area contributed by atoms with E-state index in [0.717, 1.165) is 19.5 Å². The van der Waals surface area contributed by atoms with Crippen molar-refractivity contribution < 1.29 is 5.11 Å². The first kappa shape index (κ1) is 9.61. The first-order chi connectivity index (χ1) is 6.81. The van der Waals surface area contributed by atoms with Crippen LogP contribution in [0.1, 0.15) is 12.5 Å². The molecule has 0 aliphatic carbocycles. The summed E-state index contributed by atoms with van der Waals surface area (Å²) in [6.07, 6.45) is 4.52. The van der Waals surface area contributed by atoms with Gasteiger partial charge in [-0.05, 0) is 20.0 Å². The number of aromatic nitrogens is 3. The highest BCUT2D eigenvalue weighted by Gasteiger charge is 2.28. The number of nitrogens with zero attached hydrogens (tertiary/aromatic N) is 4. The average molecular weight is 196 g/mol. The van der Waals surface area contributed by atoms with Gasteiger partial charge in [0, 0.05) is 25.1 Å². The number of aliphatic hydroxyl groups is 1. The summed E-state index contributed by atoms with van der Waals surface area (Å²) in [6, 6.07) is 0.353. The molecule has 2 rings (SSSR count). The van der Waals surface area contributed by atoms with Crippen molar-refractivity contribution >= 4 is 0 Å². The van der Waals surface area contributed by atoms with E-state index in [1.807, 2.05) is 4.57 Å². The van der Waals surface area contributed by atoms with E-state index in [4.69, 9.17) is 0 Å². The summed E-state index contributed by atoms with van der Waals surface area (Å²) in [7, 11) is 2.09. The van der Waals surface area contributed by atoms with Gasteiger partial charge in [0.15, 0.2) is 0 Å². The summed E-state index contributed by atoms with van der Waals surface area (Å²) in [6.45, 7) is 2.24. The molecule has 0 bridgehead atoms. The van der Waals surface area contributed by atoms with E-state index in [1.165, 1.54) is 0 Å². The first-order valence-electron chi connectivity index (χ1n) is 4.94. The molecule has 5 heteroatoms. The van der Waals surface area contributed by atoms with Crippen LogP contribution in [0.4, 0.5) is 0 Å². The van der Waals surface area contributed by atoms with Crippen LogP contribution in [0, 0.1) is 5.92 Å². The molecule has 1 aliphatic heterocycles. The largest absolute Gasteiger partial charge is 0.396 e. The van der Waals surface area contributed by atoms with Crippen LogP contribution in [0.3, 0.4) is 0 Å². The summed E-state index contributed by atoms with van der Waals surface area (Å²) in [4.78, 5) is 2.25. The summed E-state index contributed by atoms with van der Waals surface area (Å²) in [5, 5.41) is 16.9. The molecule has 1 saturated heterocycles. The molecular formula is C9H16N4O. The maximum atomic E-state index is 9.30. The van der Waals surface area contributed by atoms with Crippen molar-refractivity contribution in [3.63, 3.8) is 0 Å². The standard InChI is InChI=1S/C9H16N4O/c1-12-3-2-9(8(4-12)5-14)13-6-10-11-7-13/h6-9,14H,2-5H2,1H3. The fourth-order valence-corrected chi connectivity index (χ4v) is 2.15. The first-order valence-corrected chi connectivity index (χ1v) is 4.94. The van der Waals surface area contributed by atoms with Crippen LogP contribution < -0.4 is 0 Å². The SMILES string of the molecule is CN1CCC(n2cnnc2)C(CO)C1. The number of rotatable bonds is 2. The number of aliphatic hydroxyl groups excluding tert-OH is 1. The Kier molecular flexibility index (Phi) is 2.79. The Labute approximate surface area is 83.4 Å². The molecule has 1 aromatic heterocycles. The van der Waals surface area contributed by atoms with Gasteiger partial charge in [-0.3, -0.25) is 0 Å². The molecule has 2 unspecified atom stereocenters. The normalized spacial score (nSPS) is 29.3. The van der Waals surface area contributed by atoms with E-state index in [-0.39, 0.29) is 6.61 Å². The zero-order chi connectivity index (χ0) is 9.97. The van der Waals surface area contributed by atoms with Crippen molar-refractivity contribution in [2.45, 2.75) is 12.5 Å². The molecular weight excluding hydrogens is 180 g/mol. The Hall–Kier alpha value is -0.940. The van der Waals surface area contributed by atoms with Crippen LogP contribution in [-0.2, 0) is 0 Å². The van der Waals surface area contributed by atoms with Crippen molar-refractivity contribution in [1.29, 1.82) is 0 Å². The minimum absolute atomic E-state index is 0.229. The Bertz CT molecular complexity index is 274. The zero-order valence-corrected chi connectivity index (χ0v) is 8.37. The second-order valence-corrected chi connectivity index (χ2v) is 3.97.